The Hall–Kier alpha value is -1.84. The molecule has 2 heterocycles. The second-order valence-corrected chi connectivity index (χ2v) is 6.43. The summed E-state index contributed by atoms with van der Waals surface area (Å²) in [5.41, 5.74) is 0.993. The average molecular weight is 487 g/mol. The predicted molar refractivity (Wildman–Crippen MR) is 119 cm³/mol. The molecular formula is C19H30IN5O2. The molecule has 27 heavy (non-hydrogen) atoms. The molecule has 2 aromatic rings. The third kappa shape index (κ3) is 8.15. The van der Waals surface area contributed by atoms with Gasteiger partial charge in [-0.2, -0.15) is 0 Å². The van der Waals surface area contributed by atoms with Crippen LogP contribution in [-0.4, -0.2) is 28.8 Å². The number of unbranched alkanes of at least 4 members (excludes halogenated alkanes) is 1. The third-order valence-electron chi connectivity index (χ3n) is 3.92. The van der Waals surface area contributed by atoms with Gasteiger partial charge in [-0.3, -0.25) is 4.79 Å². The van der Waals surface area contributed by atoms with Crippen LogP contribution in [0.25, 0.3) is 0 Å². The molecule has 8 heteroatoms. The molecule has 0 aliphatic carbocycles. The molecule has 0 radical (unpaired) electrons. The Bertz CT molecular complexity index is 754. The van der Waals surface area contributed by atoms with E-state index in [2.05, 4.69) is 34.6 Å². The van der Waals surface area contributed by atoms with E-state index in [4.69, 9.17) is 4.52 Å². The molecule has 2 rings (SSSR count). The summed E-state index contributed by atoms with van der Waals surface area (Å²) in [6.45, 7) is 8.96. The maximum atomic E-state index is 11.6. The van der Waals surface area contributed by atoms with Crippen LogP contribution in [-0.2, 0) is 13.1 Å². The summed E-state index contributed by atoms with van der Waals surface area (Å²) < 4.78 is 7.04. The van der Waals surface area contributed by atoms with Crippen molar-refractivity contribution in [3.8, 4) is 0 Å². The molecule has 2 N–H and O–H groups in total. The Labute approximate surface area is 177 Å². The predicted octanol–water partition coefficient (Wildman–Crippen LogP) is 3.11. The van der Waals surface area contributed by atoms with Gasteiger partial charge in [0.15, 0.2) is 11.7 Å². The Morgan fingerprint density at radius 3 is 2.78 bits per heavy atom. The van der Waals surface area contributed by atoms with Crippen LogP contribution in [0.2, 0.25) is 0 Å². The molecule has 0 fully saturated rings. The summed E-state index contributed by atoms with van der Waals surface area (Å²) in [7, 11) is 0. The lowest BCUT2D eigenvalue weighted by Crippen LogP contribution is -2.37. The van der Waals surface area contributed by atoms with Crippen molar-refractivity contribution < 1.29 is 4.52 Å². The maximum absolute atomic E-state index is 11.6. The molecule has 7 nitrogen and oxygen atoms in total. The number of aromatic nitrogens is 2. The van der Waals surface area contributed by atoms with Gasteiger partial charge in [0.05, 0.1) is 5.69 Å². The first-order valence-electron chi connectivity index (χ1n) is 9.23. The molecular weight excluding hydrogens is 457 g/mol. The van der Waals surface area contributed by atoms with Gasteiger partial charge in [0, 0.05) is 38.0 Å². The highest BCUT2D eigenvalue weighted by molar-refractivity contribution is 14.0. The summed E-state index contributed by atoms with van der Waals surface area (Å²) in [6, 6.07) is 7.18. The minimum atomic E-state index is 0. The first-order valence-corrected chi connectivity index (χ1v) is 9.23. The molecule has 0 saturated carbocycles. The van der Waals surface area contributed by atoms with Crippen LogP contribution in [0.4, 0.5) is 0 Å². The zero-order chi connectivity index (χ0) is 18.8. The number of nitrogens with one attached hydrogen (secondary N) is 2. The van der Waals surface area contributed by atoms with Crippen molar-refractivity contribution in [3.05, 3.63) is 52.3 Å². The molecule has 0 spiro atoms. The van der Waals surface area contributed by atoms with Gasteiger partial charge >= 0.3 is 0 Å². The second-order valence-electron chi connectivity index (χ2n) is 6.43. The number of aliphatic imine (C=N–C) groups is 1. The van der Waals surface area contributed by atoms with Gasteiger partial charge in [0.25, 0.3) is 0 Å². The minimum absolute atomic E-state index is 0. The van der Waals surface area contributed by atoms with E-state index >= 15 is 0 Å². The number of rotatable bonds is 9. The van der Waals surface area contributed by atoms with Gasteiger partial charge in [-0.1, -0.05) is 25.1 Å². The van der Waals surface area contributed by atoms with Gasteiger partial charge in [-0.15, -0.1) is 24.0 Å². The summed E-state index contributed by atoms with van der Waals surface area (Å²) >= 11 is 0. The summed E-state index contributed by atoms with van der Waals surface area (Å²) in [5.74, 6) is 1.86. The van der Waals surface area contributed by atoms with Crippen LogP contribution in [0.1, 0.15) is 51.0 Å². The Morgan fingerprint density at radius 1 is 1.30 bits per heavy atom. The van der Waals surface area contributed by atoms with E-state index < -0.39 is 0 Å². The lowest BCUT2D eigenvalue weighted by atomic mass is 10.1. The van der Waals surface area contributed by atoms with Crippen LogP contribution in [0, 0.1) is 0 Å². The fourth-order valence-corrected chi connectivity index (χ4v) is 2.43. The normalized spacial score (nSPS) is 11.3. The smallest absolute Gasteiger partial charge is 0.250 e. The van der Waals surface area contributed by atoms with Crippen molar-refractivity contribution in [3.63, 3.8) is 0 Å². The summed E-state index contributed by atoms with van der Waals surface area (Å²) in [5, 5.41) is 10.6. The van der Waals surface area contributed by atoms with Crippen molar-refractivity contribution in [2.45, 2.75) is 52.6 Å². The van der Waals surface area contributed by atoms with Crippen molar-refractivity contribution in [2.75, 3.05) is 13.1 Å². The Kier molecular flexibility index (Phi) is 10.8. The topological polar surface area (TPSA) is 84.4 Å². The summed E-state index contributed by atoms with van der Waals surface area (Å²) in [4.78, 5) is 16.2. The van der Waals surface area contributed by atoms with Gasteiger partial charge in [-0.05, 0) is 31.7 Å². The fourth-order valence-electron chi connectivity index (χ4n) is 2.43. The molecule has 0 saturated heterocycles. The molecule has 0 amide bonds. The van der Waals surface area contributed by atoms with E-state index in [0.717, 1.165) is 49.9 Å². The number of guanidine groups is 1. The first kappa shape index (κ1) is 23.2. The second kappa shape index (κ2) is 12.5. The van der Waals surface area contributed by atoms with Gasteiger partial charge < -0.3 is 19.7 Å². The molecule has 0 bridgehead atoms. The first-order chi connectivity index (χ1) is 12.6. The largest absolute Gasteiger partial charge is 0.359 e. The van der Waals surface area contributed by atoms with E-state index in [0.29, 0.717) is 12.5 Å². The van der Waals surface area contributed by atoms with Gasteiger partial charge in [0.1, 0.15) is 6.54 Å². The molecule has 150 valence electrons. The van der Waals surface area contributed by atoms with Crippen molar-refractivity contribution in [2.24, 2.45) is 4.99 Å². The van der Waals surface area contributed by atoms with Crippen LogP contribution < -0.4 is 16.2 Å². The number of aryl methyl sites for hydroxylation is 1. The molecule has 0 unspecified atom stereocenters. The molecule has 2 aromatic heterocycles. The van der Waals surface area contributed by atoms with Crippen LogP contribution in [0.3, 0.4) is 0 Å². The van der Waals surface area contributed by atoms with E-state index in [1.807, 2.05) is 25.3 Å². The Balaban J connectivity index is 0.00000364. The van der Waals surface area contributed by atoms with Crippen LogP contribution >= 0.6 is 24.0 Å². The zero-order valence-electron chi connectivity index (χ0n) is 16.3. The molecule has 0 aliphatic heterocycles. The van der Waals surface area contributed by atoms with E-state index in [1.54, 1.807) is 16.7 Å². The maximum Gasteiger partial charge on any atom is 0.250 e. The van der Waals surface area contributed by atoms with Crippen LogP contribution in [0.5, 0.6) is 0 Å². The highest BCUT2D eigenvalue weighted by Gasteiger charge is 2.07. The van der Waals surface area contributed by atoms with Crippen LogP contribution in [0.15, 0.2) is 44.8 Å². The van der Waals surface area contributed by atoms with Gasteiger partial charge in [-0.25, -0.2) is 4.99 Å². The average Bonchev–Trinajstić information content (AvgIpc) is 3.10. The number of halogens is 1. The standard InChI is InChI=1S/C19H29N5O2.HI/c1-4-20-19(22-14-16-13-17(15(2)3)23-26-16)21-10-6-8-12-24-11-7-5-9-18(24)25;/h5,7,9,11,13,15H,4,6,8,10,12,14H2,1-3H3,(H2,20,21,22);1H. The van der Waals surface area contributed by atoms with Crippen molar-refractivity contribution in [1.29, 1.82) is 0 Å². The number of hydrogen-bond acceptors (Lipinski definition) is 4. The van der Waals surface area contributed by atoms with E-state index in [1.165, 1.54) is 0 Å². The van der Waals surface area contributed by atoms with Gasteiger partial charge in [0.2, 0.25) is 5.56 Å². The third-order valence-corrected chi connectivity index (χ3v) is 3.92. The SMILES string of the molecule is CCNC(=NCc1cc(C(C)C)no1)NCCCCn1ccccc1=O.I. The van der Waals surface area contributed by atoms with E-state index in [9.17, 15) is 4.79 Å². The monoisotopic (exact) mass is 487 g/mol. The highest BCUT2D eigenvalue weighted by Crippen LogP contribution is 2.14. The lowest BCUT2D eigenvalue weighted by Gasteiger charge is -2.11. The molecule has 0 aliphatic rings. The fraction of sp³-hybridized carbons (Fsp3) is 0.526. The zero-order valence-corrected chi connectivity index (χ0v) is 18.6. The molecule has 0 aromatic carbocycles. The lowest BCUT2D eigenvalue weighted by molar-refractivity contribution is 0.376. The van der Waals surface area contributed by atoms with Crippen molar-refractivity contribution >= 4 is 29.9 Å². The number of hydrogen-bond donors (Lipinski definition) is 2. The van der Waals surface area contributed by atoms with Crippen molar-refractivity contribution in [1.82, 2.24) is 20.4 Å². The number of nitrogens with zero attached hydrogens (tertiary/aromatic N) is 3. The summed E-state index contributed by atoms with van der Waals surface area (Å²) in [6.07, 6.45) is 3.70. The number of pyridine rings is 1. The minimum Gasteiger partial charge on any atom is -0.359 e. The Morgan fingerprint density at radius 2 is 2.11 bits per heavy atom. The molecule has 0 atom stereocenters. The highest BCUT2D eigenvalue weighted by atomic mass is 127. The van der Waals surface area contributed by atoms with E-state index in [-0.39, 0.29) is 29.5 Å². The quantitative estimate of drug-likeness (QED) is 0.246.